The largest absolute Gasteiger partial charge is 0.493 e. The molecule has 0 atom stereocenters. The number of hydrogen-bond acceptors (Lipinski definition) is 5. The molecule has 1 fully saturated rings. The number of rotatable bonds is 7. The molecule has 1 heterocycles. The Morgan fingerprint density at radius 2 is 1.83 bits per heavy atom. The Labute approximate surface area is 223 Å². The molecule has 1 aliphatic rings. The summed E-state index contributed by atoms with van der Waals surface area (Å²) in [5.74, 6) is -0.225. The fourth-order valence-electron chi connectivity index (χ4n) is 3.36. The molecule has 0 aromatic heterocycles. The average molecular weight is 597 g/mol. The highest BCUT2D eigenvalue weighted by Gasteiger charge is 2.36. The molecule has 0 bridgehead atoms. The normalized spacial score (nSPS) is 14.7. The standard InChI is InChI=1S/C25H17BrCl2FNO4S/c1-33-21-10-14(9-17(26)23(21)34-13-15-5-2-3-6-18(15)27)11-22-24(31)30(25(32)35-22)12-16-19(28)7-4-8-20(16)29/h2-11H,12-13H2,1H3/b22-11-. The third kappa shape index (κ3) is 5.67. The quantitative estimate of drug-likeness (QED) is 0.261. The first kappa shape index (κ1) is 25.6. The van der Waals surface area contributed by atoms with Gasteiger partial charge < -0.3 is 9.47 Å². The molecule has 0 aliphatic carbocycles. The molecule has 1 saturated heterocycles. The maximum Gasteiger partial charge on any atom is 0.293 e. The van der Waals surface area contributed by atoms with Gasteiger partial charge in [0.1, 0.15) is 12.4 Å². The van der Waals surface area contributed by atoms with Crippen LogP contribution in [-0.4, -0.2) is 23.2 Å². The monoisotopic (exact) mass is 595 g/mol. The summed E-state index contributed by atoms with van der Waals surface area (Å²) in [6, 6.07) is 15.0. The van der Waals surface area contributed by atoms with E-state index in [1.165, 1.54) is 25.3 Å². The van der Waals surface area contributed by atoms with Crippen LogP contribution in [0.15, 0.2) is 64.0 Å². The van der Waals surface area contributed by atoms with E-state index in [1.807, 2.05) is 18.2 Å². The van der Waals surface area contributed by atoms with E-state index in [0.717, 1.165) is 22.2 Å². The van der Waals surface area contributed by atoms with Crippen LogP contribution in [0, 0.1) is 5.82 Å². The number of halogens is 4. The summed E-state index contributed by atoms with van der Waals surface area (Å²) >= 11 is 16.5. The lowest BCUT2D eigenvalue weighted by atomic mass is 10.1. The van der Waals surface area contributed by atoms with Crippen molar-refractivity contribution in [2.75, 3.05) is 7.11 Å². The third-order valence-corrected chi connectivity index (χ3v) is 7.35. The highest BCUT2D eigenvalue weighted by molar-refractivity contribution is 9.10. The Morgan fingerprint density at radius 1 is 1.09 bits per heavy atom. The highest BCUT2D eigenvalue weighted by Crippen LogP contribution is 2.40. The van der Waals surface area contributed by atoms with Gasteiger partial charge >= 0.3 is 0 Å². The number of carbonyl (C=O) groups is 2. The summed E-state index contributed by atoms with van der Waals surface area (Å²) in [5.41, 5.74) is 1.51. The van der Waals surface area contributed by atoms with E-state index in [1.54, 1.807) is 24.3 Å². The van der Waals surface area contributed by atoms with Crippen LogP contribution in [0.25, 0.3) is 6.08 Å². The molecule has 3 aromatic carbocycles. The predicted molar refractivity (Wildman–Crippen MR) is 139 cm³/mol. The second kappa shape index (κ2) is 11.0. The third-order valence-electron chi connectivity index (χ3n) is 5.13. The number of carbonyl (C=O) groups excluding carboxylic acids is 2. The summed E-state index contributed by atoms with van der Waals surface area (Å²) < 4.78 is 26.2. The van der Waals surface area contributed by atoms with Gasteiger partial charge in [-0.1, -0.05) is 47.5 Å². The SMILES string of the molecule is COc1cc(/C=C2\SC(=O)N(Cc3c(F)cccc3Cl)C2=O)cc(Br)c1OCc1ccccc1Cl. The van der Waals surface area contributed by atoms with Gasteiger partial charge in [-0.25, -0.2) is 4.39 Å². The number of ether oxygens (including phenoxy) is 2. The second-order valence-corrected chi connectivity index (χ2v) is 10.0. The maximum atomic E-state index is 14.2. The first-order chi connectivity index (χ1) is 16.8. The van der Waals surface area contributed by atoms with Gasteiger partial charge in [0.2, 0.25) is 0 Å². The smallest absolute Gasteiger partial charge is 0.293 e. The van der Waals surface area contributed by atoms with Gasteiger partial charge in [-0.05, 0) is 69.7 Å². The molecule has 5 nitrogen and oxygen atoms in total. The second-order valence-electron chi connectivity index (χ2n) is 7.38. The molecule has 180 valence electrons. The molecule has 10 heteroatoms. The summed E-state index contributed by atoms with van der Waals surface area (Å²) in [6.45, 7) is -0.0270. The number of amides is 2. The van der Waals surface area contributed by atoms with Crippen molar-refractivity contribution in [3.63, 3.8) is 0 Å². The molecule has 0 N–H and O–H groups in total. The lowest BCUT2D eigenvalue weighted by Gasteiger charge is -2.15. The minimum atomic E-state index is -0.582. The van der Waals surface area contributed by atoms with Crippen LogP contribution in [0.4, 0.5) is 9.18 Å². The number of imide groups is 1. The maximum absolute atomic E-state index is 14.2. The lowest BCUT2D eigenvalue weighted by Crippen LogP contribution is -2.28. The van der Waals surface area contributed by atoms with E-state index in [9.17, 15) is 14.0 Å². The Hall–Kier alpha value is -2.52. The Balaban J connectivity index is 1.56. The van der Waals surface area contributed by atoms with E-state index >= 15 is 0 Å². The lowest BCUT2D eigenvalue weighted by molar-refractivity contribution is -0.123. The van der Waals surface area contributed by atoms with Gasteiger partial charge in [-0.3, -0.25) is 14.5 Å². The molecule has 0 radical (unpaired) electrons. The van der Waals surface area contributed by atoms with E-state index in [0.29, 0.717) is 26.6 Å². The van der Waals surface area contributed by atoms with Crippen molar-refractivity contribution in [3.8, 4) is 11.5 Å². The molecule has 3 aromatic rings. The van der Waals surface area contributed by atoms with Crippen LogP contribution in [0.5, 0.6) is 11.5 Å². The van der Waals surface area contributed by atoms with Gasteiger partial charge in [0.25, 0.3) is 11.1 Å². The van der Waals surface area contributed by atoms with Crippen molar-refractivity contribution >= 4 is 68.1 Å². The van der Waals surface area contributed by atoms with Crippen LogP contribution >= 0.6 is 50.9 Å². The van der Waals surface area contributed by atoms with Crippen molar-refractivity contribution in [2.45, 2.75) is 13.2 Å². The molecular weight excluding hydrogens is 580 g/mol. The summed E-state index contributed by atoms with van der Waals surface area (Å²) in [7, 11) is 1.50. The van der Waals surface area contributed by atoms with Gasteiger partial charge in [-0.2, -0.15) is 0 Å². The van der Waals surface area contributed by atoms with Crippen molar-refractivity contribution in [3.05, 3.63) is 96.5 Å². The van der Waals surface area contributed by atoms with Gasteiger partial charge in [0.05, 0.1) is 23.0 Å². The highest BCUT2D eigenvalue weighted by atomic mass is 79.9. The van der Waals surface area contributed by atoms with Crippen LogP contribution in [0.3, 0.4) is 0 Å². The topological polar surface area (TPSA) is 55.8 Å². The zero-order valence-corrected chi connectivity index (χ0v) is 22.1. The molecule has 0 saturated carbocycles. The van der Waals surface area contributed by atoms with Gasteiger partial charge in [-0.15, -0.1) is 0 Å². The van der Waals surface area contributed by atoms with E-state index in [4.69, 9.17) is 32.7 Å². The zero-order chi connectivity index (χ0) is 25.1. The number of benzene rings is 3. The minimum Gasteiger partial charge on any atom is -0.493 e. The van der Waals surface area contributed by atoms with Crippen molar-refractivity contribution in [1.29, 1.82) is 0 Å². The average Bonchev–Trinajstić information content (AvgIpc) is 3.08. The summed E-state index contributed by atoms with van der Waals surface area (Å²) in [4.78, 5) is 26.6. The number of thioether (sulfide) groups is 1. The first-order valence-corrected chi connectivity index (χ1v) is 12.6. The van der Waals surface area contributed by atoms with Crippen LogP contribution in [0.1, 0.15) is 16.7 Å². The fourth-order valence-corrected chi connectivity index (χ4v) is 5.18. The fraction of sp³-hybridized carbons (Fsp3) is 0.120. The molecule has 0 unspecified atom stereocenters. The number of nitrogens with zero attached hydrogens (tertiary/aromatic N) is 1. The first-order valence-electron chi connectivity index (χ1n) is 10.2. The van der Waals surface area contributed by atoms with E-state index in [-0.39, 0.29) is 28.6 Å². The molecule has 1 aliphatic heterocycles. The van der Waals surface area contributed by atoms with Crippen molar-refractivity contribution in [2.24, 2.45) is 0 Å². The molecular formula is C25H17BrCl2FNO4S. The molecule has 35 heavy (non-hydrogen) atoms. The summed E-state index contributed by atoms with van der Waals surface area (Å²) in [5, 5.41) is 0.229. The van der Waals surface area contributed by atoms with Crippen LogP contribution < -0.4 is 9.47 Å². The van der Waals surface area contributed by atoms with Gasteiger partial charge in [0.15, 0.2) is 11.5 Å². The number of hydrogen-bond donors (Lipinski definition) is 0. The minimum absolute atomic E-state index is 0.0853. The Morgan fingerprint density at radius 3 is 2.54 bits per heavy atom. The summed E-state index contributed by atoms with van der Waals surface area (Å²) in [6.07, 6.45) is 1.57. The van der Waals surface area contributed by atoms with Crippen molar-refractivity contribution < 1.29 is 23.5 Å². The molecule has 2 amide bonds. The molecule has 4 rings (SSSR count). The van der Waals surface area contributed by atoms with Crippen LogP contribution in [-0.2, 0) is 17.9 Å². The van der Waals surface area contributed by atoms with Gasteiger partial charge in [0, 0.05) is 21.2 Å². The number of methoxy groups -OCH3 is 1. The van der Waals surface area contributed by atoms with Crippen molar-refractivity contribution in [1.82, 2.24) is 4.90 Å². The van der Waals surface area contributed by atoms with E-state index in [2.05, 4.69) is 15.9 Å². The Kier molecular flexibility index (Phi) is 8.06. The molecule has 0 spiro atoms. The predicted octanol–water partition coefficient (Wildman–Crippen LogP) is 7.72. The Bertz CT molecular complexity index is 1330. The van der Waals surface area contributed by atoms with E-state index < -0.39 is 17.0 Å². The zero-order valence-electron chi connectivity index (χ0n) is 18.2. The van der Waals surface area contributed by atoms with Crippen LogP contribution in [0.2, 0.25) is 10.0 Å².